The lowest BCUT2D eigenvalue weighted by Gasteiger charge is -2.29. The third-order valence-corrected chi connectivity index (χ3v) is 6.48. The average molecular weight is 556 g/mol. The third-order valence-electron chi connectivity index (χ3n) is 6.48. The van der Waals surface area contributed by atoms with Gasteiger partial charge in [0.05, 0.1) is 12.7 Å². The van der Waals surface area contributed by atoms with Gasteiger partial charge in [0.25, 0.3) is 0 Å². The molecule has 0 radical (unpaired) electrons. The molecule has 0 saturated carbocycles. The molecular weight excluding hydrogens is 532 g/mol. The predicted octanol–water partition coefficient (Wildman–Crippen LogP) is 9.14. The molecule has 1 fully saturated rings. The van der Waals surface area contributed by atoms with Gasteiger partial charge in [0.2, 0.25) is 0 Å². The number of hydrogen-bond acceptors (Lipinski definition) is 2. The third kappa shape index (κ3) is 6.79. The molecule has 0 amide bonds. The summed E-state index contributed by atoms with van der Waals surface area (Å²) in [4.78, 5) is 0. The van der Waals surface area contributed by atoms with Gasteiger partial charge in [-0.1, -0.05) is 25.5 Å². The highest BCUT2D eigenvalue weighted by atomic mass is 19.3. The van der Waals surface area contributed by atoms with E-state index in [-0.39, 0.29) is 35.4 Å². The molecule has 1 aliphatic rings. The molecule has 1 heterocycles. The molecule has 4 rings (SSSR count). The highest BCUT2D eigenvalue weighted by molar-refractivity contribution is 5.67. The molecule has 0 N–H and O–H groups in total. The summed E-state index contributed by atoms with van der Waals surface area (Å²) >= 11 is 0. The summed E-state index contributed by atoms with van der Waals surface area (Å²) in [5.41, 5.74) is -0.526. The van der Waals surface area contributed by atoms with Crippen molar-refractivity contribution in [2.24, 2.45) is 5.92 Å². The van der Waals surface area contributed by atoms with Crippen LogP contribution in [0.3, 0.4) is 0 Å². The van der Waals surface area contributed by atoms with Crippen molar-refractivity contribution in [1.82, 2.24) is 0 Å². The number of ether oxygens (including phenoxy) is 2. The smallest absolute Gasteiger partial charge is 0.419 e. The van der Waals surface area contributed by atoms with E-state index in [0.29, 0.717) is 24.2 Å². The Hall–Kier alpha value is -3.40. The zero-order valence-electron chi connectivity index (χ0n) is 20.7. The summed E-state index contributed by atoms with van der Waals surface area (Å²) in [5.74, 6) is -9.24. The van der Waals surface area contributed by atoms with Crippen molar-refractivity contribution in [2.45, 2.75) is 44.8 Å². The van der Waals surface area contributed by atoms with Gasteiger partial charge < -0.3 is 9.47 Å². The molecule has 0 bridgehead atoms. The lowest BCUT2D eigenvalue weighted by Crippen LogP contribution is -2.21. The van der Waals surface area contributed by atoms with E-state index < -0.39 is 52.3 Å². The number of alkyl halides is 2. The van der Waals surface area contributed by atoms with Gasteiger partial charge in [-0.2, -0.15) is 8.78 Å². The first-order valence-corrected chi connectivity index (χ1v) is 12.3. The zero-order chi connectivity index (χ0) is 28.3. The summed E-state index contributed by atoms with van der Waals surface area (Å²) in [6.07, 6.45) is -0.432. The average Bonchev–Trinajstić information content (AvgIpc) is 2.87. The van der Waals surface area contributed by atoms with Crippen LogP contribution in [0.25, 0.3) is 17.2 Å². The van der Waals surface area contributed by atoms with Crippen LogP contribution in [0.1, 0.15) is 49.8 Å². The van der Waals surface area contributed by atoms with Crippen LogP contribution in [0.5, 0.6) is 5.75 Å². The molecule has 2 nitrogen and oxygen atoms in total. The van der Waals surface area contributed by atoms with Crippen LogP contribution in [-0.2, 0) is 4.74 Å². The van der Waals surface area contributed by atoms with Crippen molar-refractivity contribution >= 4 is 6.08 Å². The van der Waals surface area contributed by atoms with E-state index in [1.54, 1.807) is 6.07 Å². The normalized spacial score (nSPS) is 18.1. The first-order valence-electron chi connectivity index (χ1n) is 12.3. The molecule has 39 heavy (non-hydrogen) atoms. The minimum absolute atomic E-state index is 0.0437. The number of halogens is 8. The summed E-state index contributed by atoms with van der Waals surface area (Å²) < 4.78 is 122. The van der Waals surface area contributed by atoms with Gasteiger partial charge in [-0.15, -0.1) is 0 Å². The largest absolute Gasteiger partial charge is 0.429 e. The van der Waals surface area contributed by atoms with E-state index >= 15 is 0 Å². The van der Waals surface area contributed by atoms with E-state index in [1.807, 2.05) is 0 Å². The molecule has 10 heteroatoms. The minimum Gasteiger partial charge on any atom is -0.429 e. The molecule has 208 valence electrons. The van der Waals surface area contributed by atoms with Gasteiger partial charge in [-0.25, -0.2) is 26.3 Å². The molecule has 0 aliphatic carbocycles. The maximum atomic E-state index is 14.9. The van der Waals surface area contributed by atoms with Crippen LogP contribution in [0.15, 0.2) is 48.5 Å². The molecule has 1 saturated heterocycles. The molecule has 3 aromatic carbocycles. The van der Waals surface area contributed by atoms with Crippen molar-refractivity contribution < 1.29 is 44.6 Å². The Bertz CT molecular complexity index is 1320. The predicted molar refractivity (Wildman–Crippen MR) is 129 cm³/mol. The highest BCUT2D eigenvalue weighted by Gasteiger charge is 2.29. The van der Waals surface area contributed by atoms with Crippen molar-refractivity contribution in [1.29, 1.82) is 0 Å². The highest BCUT2D eigenvalue weighted by Crippen LogP contribution is 2.35. The van der Waals surface area contributed by atoms with Gasteiger partial charge in [0.1, 0.15) is 23.2 Å². The molecule has 0 spiro atoms. The molecule has 0 aromatic heterocycles. The van der Waals surface area contributed by atoms with Crippen molar-refractivity contribution in [3.05, 3.63) is 94.6 Å². The van der Waals surface area contributed by atoms with Gasteiger partial charge in [-0.3, -0.25) is 0 Å². The van der Waals surface area contributed by atoms with E-state index in [1.165, 1.54) is 12.1 Å². The van der Waals surface area contributed by atoms with Crippen molar-refractivity contribution in [3.63, 3.8) is 0 Å². The van der Waals surface area contributed by atoms with Crippen LogP contribution in [0, 0.1) is 40.8 Å². The molecular formula is C29H24F8O2. The minimum atomic E-state index is -4.27. The number of hydrogen-bond donors (Lipinski definition) is 0. The lowest BCUT2D eigenvalue weighted by molar-refractivity contribution is -0.131. The lowest BCUT2D eigenvalue weighted by atomic mass is 9.91. The Morgan fingerprint density at radius 1 is 0.872 bits per heavy atom. The Morgan fingerprint density at radius 3 is 2.10 bits per heavy atom. The Morgan fingerprint density at radius 2 is 1.54 bits per heavy atom. The van der Waals surface area contributed by atoms with E-state index in [9.17, 15) is 35.1 Å². The van der Waals surface area contributed by atoms with Crippen LogP contribution in [0.2, 0.25) is 0 Å². The second-order valence-electron chi connectivity index (χ2n) is 9.34. The van der Waals surface area contributed by atoms with Crippen LogP contribution >= 0.6 is 0 Å². The fourth-order valence-electron chi connectivity index (χ4n) is 4.53. The monoisotopic (exact) mass is 556 g/mol. The van der Waals surface area contributed by atoms with Crippen LogP contribution in [-0.4, -0.2) is 12.7 Å². The molecule has 3 aromatic rings. The van der Waals surface area contributed by atoms with Crippen molar-refractivity contribution in [2.75, 3.05) is 6.61 Å². The van der Waals surface area contributed by atoms with Crippen LogP contribution < -0.4 is 4.74 Å². The quantitative estimate of drug-likeness (QED) is 0.204. The van der Waals surface area contributed by atoms with Gasteiger partial charge in [0.15, 0.2) is 17.5 Å². The van der Waals surface area contributed by atoms with Gasteiger partial charge >= 0.3 is 6.11 Å². The van der Waals surface area contributed by atoms with Crippen LogP contribution in [0.4, 0.5) is 35.1 Å². The Kier molecular flexibility index (Phi) is 8.64. The zero-order valence-corrected chi connectivity index (χ0v) is 20.7. The summed E-state index contributed by atoms with van der Waals surface area (Å²) in [6, 6.07) is 6.21. The molecule has 2 unspecified atom stereocenters. The summed E-state index contributed by atoms with van der Waals surface area (Å²) in [6.45, 7) is 2.68. The summed E-state index contributed by atoms with van der Waals surface area (Å²) in [7, 11) is 0. The van der Waals surface area contributed by atoms with E-state index in [0.717, 1.165) is 37.8 Å². The number of benzene rings is 3. The summed E-state index contributed by atoms with van der Waals surface area (Å²) in [5, 5.41) is 0. The Balaban J connectivity index is 1.50. The second-order valence-corrected chi connectivity index (χ2v) is 9.34. The van der Waals surface area contributed by atoms with Gasteiger partial charge in [0, 0.05) is 29.3 Å². The SMILES string of the molecule is CCCC1CCC(c2ccc(-c3cc(F)c(C=CC(F)(F)Oc4cc(F)c(F)c(F)c4)c(F)c3)c(F)c2)OC1. The standard InChI is InChI=1S/C29H24F8O2/c1-2-3-16-4-7-27(38-15-16)17-5-6-20(22(30)10-17)18-11-23(31)21(24(32)12-18)8-9-29(36,37)39-19-13-25(33)28(35)26(34)14-19/h5-6,8-14,16,27H,2-4,7,15H2,1H3. The topological polar surface area (TPSA) is 18.5 Å². The first kappa shape index (κ1) is 28.6. The Labute approximate surface area is 219 Å². The van der Waals surface area contributed by atoms with Gasteiger partial charge in [-0.05, 0) is 60.6 Å². The molecule has 1 aliphatic heterocycles. The molecule has 2 atom stereocenters. The van der Waals surface area contributed by atoms with Crippen molar-refractivity contribution in [3.8, 4) is 16.9 Å². The fourth-order valence-corrected chi connectivity index (χ4v) is 4.53. The fraction of sp³-hybridized carbons (Fsp3) is 0.310. The maximum absolute atomic E-state index is 14.9. The maximum Gasteiger partial charge on any atom is 0.419 e. The second kappa shape index (κ2) is 11.8. The number of rotatable bonds is 8. The van der Waals surface area contributed by atoms with E-state index in [4.69, 9.17) is 4.74 Å². The first-order chi connectivity index (χ1) is 18.5. The van der Waals surface area contributed by atoms with E-state index in [2.05, 4.69) is 11.7 Å².